The van der Waals surface area contributed by atoms with E-state index in [1.54, 1.807) is 25.1 Å². The Morgan fingerprint density at radius 3 is 2.56 bits per heavy atom. The van der Waals surface area contributed by atoms with E-state index in [-0.39, 0.29) is 5.69 Å². The molecule has 2 N–H and O–H groups in total. The van der Waals surface area contributed by atoms with E-state index in [0.717, 1.165) is 6.42 Å². The van der Waals surface area contributed by atoms with Crippen LogP contribution < -0.4 is 5.32 Å². The number of carboxylic acid groups (broad SMARTS) is 1. The minimum Gasteiger partial charge on any atom is -0.480 e. The van der Waals surface area contributed by atoms with E-state index in [9.17, 15) is 14.3 Å². The summed E-state index contributed by atoms with van der Waals surface area (Å²) in [7, 11) is 0. The highest BCUT2D eigenvalue weighted by Crippen LogP contribution is 2.24. The lowest BCUT2D eigenvalue weighted by Gasteiger charge is -2.28. The highest BCUT2D eigenvalue weighted by atomic mass is 19.1. The van der Waals surface area contributed by atoms with Crippen molar-refractivity contribution in [2.24, 2.45) is 5.92 Å². The third kappa shape index (κ3) is 3.72. The van der Waals surface area contributed by atoms with E-state index in [0.29, 0.717) is 12.3 Å². The fourth-order valence-corrected chi connectivity index (χ4v) is 1.66. The molecule has 4 heteroatoms. The Bertz CT molecular complexity index is 420. The van der Waals surface area contributed by atoms with Gasteiger partial charge in [-0.05, 0) is 37.8 Å². The molecule has 0 saturated heterocycles. The van der Waals surface area contributed by atoms with Crippen molar-refractivity contribution >= 4 is 11.7 Å². The molecule has 0 saturated carbocycles. The zero-order valence-corrected chi connectivity index (χ0v) is 11.0. The SMILES string of the molecule is CC(C)CCC(C)(Nc1ccccc1F)C(=O)O. The second-order valence-electron chi connectivity index (χ2n) is 5.17. The highest BCUT2D eigenvalue weighted by Gasteiger charge is 2.33. The van der Waals surface area contributed by atoms with Gasteiger partial charge in [0.25, 0.3) is 0 Å². The summed E-state index contributed by atoms with van der Waals surface area (Å²) in [5, 5.41) is 12.1. The molecule has 1 atom stereocenters. The van der Waals surface area contributed by atoms with Crippen LogP contribution in [0.15, 0.2) is 24.3 Å². The quantitative estimate of drug-likeness (QED) is 0.815. The number of nitrogens with one attached hydrogen (secondary N) is 1. The van der Waals surface area contributed by atoms with Crippen molar-refractivity contribution < 1.29 is 14.3 Å². The topological polar surface area (TPSA) is 49.3 Å². The van der Waals surface area contributed by atoms with Gasteiger partial charge in [-0.2, -0.15) is 0 Å². The van der Waals surface area contributed by atoms with Crippen LogP contribution in [0.1, 0.15) is 33.6 Å². The molecule has 0 aliphatic carbocycles. The molecule has 0 amide bonds. The second kappa shape index (κ2) is 5.85. The van der Waals surface area contributed by atoms with Crippen LogP contribution in [0.25, 0.3) is 0 Å². The lowest BCUT2D eigenvalue weighted by atomic mass is 9.91. The number of carboxylic acids is 1. The minimum atomic E-state index is -1.15. The Balaban J connectivity index is 2.86. The summed E-state index contributed by atoms with van der Waals surface area (Å²) in [6, 6.07) is 6.11. The Morgan fingerprint density at radius 1 is 1.44 bits per heavy atom. The lowest BCUT2D eigenvalue weighted by Crippen LogP contribution is -2.43. The molecule has 0 bridgehead atoms. The summed E-state index contributed by atoms with van der Waals surface area (Å²) >= 11 is 0. The molecule has 1 aromatic rings. The predicted molar refractivity (Wildman–Crippen MR) is 70.1 cm³/mol. The van der Waals surface area contributed by atoms with Gasteiger partial charge in [-0.15, -0.1) is 0 Å². The van der Waals surface area contributed by atoms with Crippen LogP contribution in [0.2, 0.25) is 0 Å². The van der Waals surface area contributed by atoms with Crippen LogP contribution >= 0.6 is 0 Å². The Labute approximate surface area is 107 Å². The number of rotatable bonds is 6. The van der Waals surface area contributed by atoms with Crippen LogP contribution in [0.3, 0.4) is 0 Å². The van der Waals surface area contributed by atoms with Crippen LogP contribution in [0, 0.1) is 11.7 Å². The molecule has 1 unspecified atom stereocenters. The van der Waals surface area contributed by atoms with Crippen molar-refractivity contribution in [3.05, 3.63) is 30.1 Å². The number of aliphatic carboxylic acids is 1. The van der Waals surface area contributed by atoms with Gasteiger partial charge >= 0.3 is 5.97 Å². The highest BCUT2D eigenvalue weighted by molar-refractivity contribution is 5.82. The van der Waals surface area contributed by atoms with Gasteiger partial charge in [-0.1, -0.05) is 26.0 Å². The van der Waals surface area contributed by atoms with Gasteiger partial charge in [0.2, 0.25) is 0 Å². The van der Waals surface area contributed by atoms with E-state index in [2.05, 4.69) is 5.32 Å². The molecule has 0 aromatic heterocycles. The van der Waals surface area contributed by atoms with Gasteiger partial charge in [0, 0.05) is 0 Å². The molecule has 0 aliphatic rings. The van der Waals surface area contributed by atoms with E-state index in [1.807, 2.05) is 13.8 Å². The van der Waals surface area contributed by atoms with Crippen LogP contribution in [0.5, 0.6) is 0 Å². The third-order valence-corrected chi connectivity index (χ3v) is 2.98. The van der Waals surface area contributed by atoms with Gasteiger partial charge in [0.05, 0.1) is 5.69 Å². The minimum absolute atomic E-state index is 0.228. The maximum absolute atomic E-state index is 13.5. The summed E-state index contributed by atoms with van der Waals surface area (Å²) in [6.07, 6.45) is 1.22. The van der Waals surface area contributed by atoms with Crippen LogP contribution in [0.4, 0.5) is 10.1 Å². The third-order valence-electron chi connectivity index (χ3n) is 2.98. The van der Waals surface area contributed by atoms with Crippen molar-refractivity contribution in [3.8, 4) is 0 Å². The molecule has 1 aromatic carbocycles. The van der Waals surface area contributed by atoms with Crippen molar-refractivity contribution in [2.45, 2.75) is 39.2 Å². The number of anilines is 1. The number of halogens is 1. The van der Waals surface area contributed by atoms with E-state index >= 15 is 0 Å². The first-order valence-electron chi connectivity index (χ1n) is 6.11. The van der Waals surface area contributed by atoms with Gasteiger partial charge in [0.15, 0.2) is 0 Å². The van der Waals surface area contributed by atoms with E-state index in [4.69, 9.17) is 0 Å². The Kier molecular flexibility index (Phi) is 4.70. The number of para-hydroxylation sites is 1. The van der Waals surface area contributed by atoms with Crippen molar-refractivity contribution in [1.82, 2.24) is 0 Å². The summed E-state index contributed by atoms with van der Waals surface area (Å²) < 4.78 is 13.5. The second-order valence-corrected chi connectivity index (χ2v) is 5.17. The summed E-state index contributed by atoms with van der Waals surface area (Å²) in [6.45, 7) is 5.65. The number of carbonyl (C=O) groups is 1. The first-order valence-corrected chi connectivity index (χ1v) is 6.11. The largest absolute Gasteiger partial charge is 0.480 e. The molecule has 100 valence electrons. The van der Waals surface area contributed by atoms with Gasteiger partial charge in [-0.25, -0.2) is 9.18 Å². The zero-order chi connectivity index (χ0) is 13.8. The average molecular weight is 253 g/mol. The molecule has 0 radical (unpaired) electrons. The fraction of sp³-hybridized carbons (Fsp3) is 0.500. The Morgan fingerprint density at radius 2 is 2.06 bits per heavy atom. The van der Waals surface area contributed by atoms with E-state index < -0.39 is 17.3 Å². The lowest BCUT2D eigenvalue weighted by molar-refractivity contribution is -0.142. The fourth-order valence-electron chi connectivity index (χ4n) is 1.66. The first-order chi connectivity index (χ1) is 8.35. The summed E-state index contributed by atoms with van der Waals surface area (Å²) in [4.78, 5) is 11.4. The normalized spacial score (nSPS) is 14.3. The van der Waals surface area contributed by atoms with Gasteiger partial charge in [0.1, 0.15) is 11.4 Å². The molecule has 18 heavy (non-hydrogen) atoms. The summed E-state index contributed by atoms with van der Waals surface area (Å²) in [5.74, 6) is -0.993. The van der Waals surface area contributed by atoms with Crippen LogP contribution in [-0.4, -0.2) is 16.6 Å². The smallest absolute Gasteiger partial charge is 0.329 e. The zero-order valence-electron chi connectivity index (χ0n) is 11.0. The van der Waals surface area contributed by atoms with Gasteiger partial charge < -0.3 is 10.4 Å². The molecule has 0 heterocycles. The van der Waals surface area contributed by atoms with Crippen molar-refractivity contribution in [3.63, 3.8) is 0 Å². The standard InChI is InChI=1S/C14H20FNO2/c1-10(2)8-9-14(3,13(17)18)16-12-7-5-4-6-11(12)15/h4-7,10,16H,8-9H2,1-3H3,(H,17,18). The maximum Gasteiger partial charge on any atom is 0.329 e. The Hall–Kier alpha value is -1.58. The summed E-state index contributed by atoms with van der Waals surface area (Å²) in [5.41, 5.74) is -0.918. The van der Waals surface area contributed by atoms with Crippen molar-refractivity contribution in [1.29, 1.82) is 0 Å². The maximum atomic E-state index is 13.5. The van der Waals surface area contributed by atoms with Gasteiger partial charge in [-0.3, -0.25) is 0 Å². The molecule has 0 aliphatic heterocycles. The molecule has 0 spiro atoms. The molecule has 0 fully saturated rings. The molecule has 3 nitrogen and oxygen atoms in total. The number of hydrogen-bond donors (Lipinski definition) is 2. The number of hydrogen-bond acceptors (Lipinski definition) is 2. The van der Waals surface area contributed by atoms with Crippen molar-refractivity contribution in [2.75, 3.05) is 5.32 Å². The first kappa shape index (κ1) is 14.5. The molecule has 1 rings (SSSR count). The molecular formula is C14H20FNO2. The predicted octanol–water partition coefficient (Wildman–Crippen LogP) is 3.52. The number of benzene rings is 1. The van der Waals surface area contributed by atoms with Crippen LogP contribution in [-0.2, 0) is 4.79 Å². The average Bonchev–Trinajstić information content (AvgIpc) is 2.29. The monoisotopic (exact) mass is 253 g/mol. The molecular weight excluding hydrogens is 233 g/mol. The van der Waals surface area contributed by atoms with E-state index in [1.165, 1.54) is 6.07 Å².